The third-order valence-corrected chi connectivity index (χ3v) is 2.40. The Labute approximate surface area is 89.0 Å². The maximum absolute atomic E-state index is 9.56. The molecule has 0 saturated carbocycles. The fourth-order valence-electron chi connectivity index (χ4n) is 1.48. The Morgan fingerprint density at radius 3 is 2.47 bits per heavy atom. The van der Waals surface area contributed by atoms with Gasteiger partial charge in [-0.1, -0.05) is 24.6 Å². The number of aromatic nitrogens is 2. The number of aryl methyl sites for hydroxylation is 2. The summed E-state index contributed by atoms with van der Waals surface area (Å²) in [6.45, 7) is 4.02. The van der Waals surface area contributed by atoms with E-state index < -0.39 is 0 Å². The first-order chi connectivity index (χ1) is 7.20. The summed E-state index contributed by atoms with van der Waals surface area (Å²) in [5, 5.41) is 13.9. The first-order valence-electron chi connectivity index (χ1n) is 5.05. The minimum atomic E-state index is 0.262. The Morgan fingerprint density at radius 2 is 1.93 bits per heavy atom. The van der Waals surface area contributed by atoms with E-state index in [1.165, 1.54) is 5.56 Å². The Balaban J connectivity index is 2.41. The van der Waals surface area contributed by atoms with E-state index in [4.69, 9.17) is 0 Å². The number of hydrogen-bond donors (Lipinski definition) is 1. The van der Waals surface area contributed by atoms with Crippen LogP contribution in [0.3, 0.4) is 0 Å². The first-order valence-corrected chi connectivity index (χ1v) is 5.05. The number of aromatic hydroxyl groups is 1. The van der Waals surface area contributed by atoms with Gasteiger partial charge in [-0.3, -0.25) is 0 Å². The lowest BCUT2D eigenvalue weighted by atomic mass is 10.2. The van der Waals surface area contributed by atoms with Crippen molar-refractivity contribution in [3.05, 3.63) is 41.7 Å². The summed E-state index contributed by atoms with van der Waals surface area (Å²) in [6.07, 6.45) is 2.38. The molecule has 1 N–H and O–H groups in total. The van der Waals surface area contributed by atoms with Crippen molar-refractivity contribution in [2.45, 2.75) is 20.3 Å². The molecule has 0 fully saturated rings. The second-order valence-electron chi connectivity index (χ2n) is 3.59. The van der Waals surface area contributed by atoms with Crippen LogP contribution in [0.2, 0.25) is 0 Å². The van der Waals surface area contributed by atoms with Crippen LogP contribution in [0.25, 0.3) is 5.69 Å². The lowest BCUT2D eigenvalue weighted by Crippen LogP contribution is -1.95. The van der Waals surface area contributed by atoms with Crippen molar-refractivity contribution in [2.75, 3.05) is 0 Å². The lowest BCUT2D eigenvalue weighted by Gasteiger charge is -2.00. The quantitative estimate of drug-likeness (QED) is 0.812. The molecular formula is C12H14N2O. The predicted molar refractivity (Wildman–Crippen MR) is 59.3 cm³/mol. The van der Waals surface area contributed by atoms with E-state index in [9.17, 15) is 5.11 Å². The van der Waals surface area contributed by atoms with Crippen LogP contribution in [-0.4, -0.2) is 14.9 Å². The van der Waals surface area contributed by atoms with E-state index in [-0.39, 0.29) is 5.75 Å². The van der Waals surface area contributed by atoms with Gasteiger partial charge in [-0.2, -0.15) is 5.10 Å². The van der Waals surface area contributed by atoms with Crippen LogP contribution in [0.15, 0.2) is 30.5 Å². The third kappa shape index (κ3) is 1.86. The maximum atomic E-state index is 9.56. The summed E-state index contributed by atoms with van der Waals surface area (Å²) >= 11 is 0. The molecule has 1 aromatic heterocycles. The molecule has 1 heterocycles. The average molecular weight is 202 g/mol. The van der Waals surface area contributed by atoms with Crippen LogP contribution < -0.4 is 0 Å². The molecule has 2 rings (SSSR count). The molecule has 0 spiro atoms. The smallest absolute Gasteiger partial charge is 0.157 e. The summed E-state index contributed by atoms with van der Waals surface area (Å²) in [6, 6.07) is 8.03. The van der Waals surface area contributed by atoms with Gasteiger partial charge in [0.25, 0.3) is 0 Å². The standard InChI is InChI=1S/C12H14N2O/c1-3-11-12(15)8-14(13-11)10-6-4-9(2)5-7-10/h4-8,15H,3H2,1-2H3. The van der Waals surface area contributed by atoms with Crippen LogP contribution in [0, 0.1) is 6.92 Å². The van der Waals surface area contributed by atoms with Crippen LogP contribution in [-0.2, 0) is 6.42 Å². The van der Waals surface area contributed by atoms with E-state index >= 15 is 0 Å². The fourth-order valence-corrected chi connectivity index (χ4v) is 1.48. The van der Waals surface area contributed by atoms with Gasteiger partial charge in [0.1, 0.15) is 5.69 Å². The topological polar surface area (TPSA) is 38.0 Å². The molecule has 3 heteroatoms. The molecule has 78 valence electrons. The summed E-state index contributed by atoms with van der Waals surface area (Å²) in [7, 11) is 0. The van der Waals surface area contributed by atoms with Gasteiger partial charge in [-0.15, -0.1) is 0 Å². The molecule has 0 bridgehead atoms. The van der Waals surface area contributed by atoms with Gasteiger partial charge in [0.2, 0.25) is 0 Å². The highest BCUT2D eigenvalue weighted by molar-refractivity contribution is 5.36. The molecule has 3 nitrogen and oxygen atoms in total. The normalized spacial score (nSPS) is 10.5. The third-order valence-electron chi connectivity index (χ3n) is 2.40. The van der Waals surface area contributed by atoms with Crippen molar-refractivity contribution >= 4 is 0 Å². The van der Waals surface area contributed by atoms with Crippen molar-refractivity contribution in [3.8, 4) is 11.4 Å². The summed E-state index contributed by atoms with van der Waals surface area (Å²) < 4.78 is 1.70. The number of nitrogens with zero attached hydrogens (tertiary/aromatic N) is 2. The Morgan fingerprint density at radius 1 is 1.27 bits per heavy atom. The fraction of sp³-hybridized carbons (Fsp3) is 0.250. The molecule has 1 aromatic carbocycles. The largest absolute Gasteiger partial charge is 0.504 e. The summed E-state index contributed by atoms with van der Waals surface area (Å²) in [4.78, 5) is 0. The van der Waals surface area contributed by atoms with Gasteiger partial charge in [-0.25, -0.2) is 4.68 Å². The van der Waals surface area contributed by atoms with Crippen LogP contribution in [0.4, 0.5) is 0 Å². The van der Waals surface area contributed by atoms with Gasteiger partial charge in [0.05, 0.1) is 11.9 Å². The molecule has 0 aliphatic rings. The second kappa shape index (κ2) is 3.77. The van der Waals surface area contributed by atoms with Gasteiger partial charge in [-0.05, 0) is 25.5 Å². The minimum Gasteiger partial charge on any atom is -0.504 e. The summed E-state index contributed by atoms with van der Waals surface area (Å²) in [5.41, 5.74) is 2.91. The number of hydrogen-bond acceptors (Lipinski definition) is 2. The van der Waals surface area contributed by atoms with E-state index in [0.29, 0.717) is 0 Å². The molecule has 0 unspecified atom stereocenters. The highest BCUT2D eigenvalue weighted by Crippen LogP contribution is 2.18. The molecule has 0 aliphatic carbocycles. The van der Waals surface area contributed by atoms with Crippen LogP contribution >= 0.6 is 0 Å². The van der Waals surface area contributed by atoms with Gasteiger partial charge < -0.3 is 5.11 Å². The Hall–Kier alpha value is -1.77. The number of benzene rings is 1. The number of rotatable bonds is 2. The van der Waals surface area contributed by atoms with Gasteiger partial charge in [0, 0.05) is 0 Å². The minimum absolute atomic E-state index is 0.262. The van der Waals surface area contributed by atoms with Crippen molar-refractivity contribution in [1.29, 1.82) is 0 Å². The lowest BCUT2D eigenvalue weighted by molar-refractivity contribution is 0.469. The van der Waals surface area contributed by atoms with E-state index in [1.807, 2.05) is 38.1 Å². The molecule has 0 atom stereocenters. The molecule has 0 aliphatic heterocycles. The Kier molecular flexibility index (Phi) is 2.46. The van der Waals surface area contributed by atoms with Gasteiger partial charge >= 0.3 is 0 Å². The highest BCUT2D eigenvalue weighted by atomic mass is 16.3. The first kappa shape index (κ1) is 9.77. The maximum Gasteiger partial charge on any atom is 0.157 e. The molecule has 0 radical (unpaired) electrons. The molecular weight excluding hydrogens is 188 g/mol. The molecule has 15 heavy (non-hydrogen) atoms. The van der Waals surface area contributed by atoms with Crippen LogP contribution in [0.5, 0.6) is 5.75 Å². The zero-order valence-corrected chi connectivity index (χ0v) is 8.94. The van der Waals surface area contributed by atoms with E-state index in [0.717, 1.165) is 17.8 Å². The SMILES string of the molecule is CCc1nn(-c2ccc(C)cc2)cc1O. The zero-order valence-electron chi connectivity index (χ0n) is 8.94. The van der Waals surface area contributed by atoms with E-state index in [1.54, 1.807) is 10.9 Å². The molecule has 0 amide bonds. The molecule has 2 aromatic rings. The highest BCUT2D eigenvalue weighted by Gasteiger charge is 2.06. The zero-order chi connectivity index (χ0) is 10.8. The van der Waals surface area contributed by atoms with E-state index in [2.05, 4.69) is 5.10 Å². The Bertz CT molecular complexity index is 457. The average Bonchev–Trinajstić information content (AvgIpc) is 2.61. The predicted octanol–water partition coefficient (Wildman–Crippen LogP) is 2.45. The second-order valence-corrected chi connectivity index (χ2v) is 3.59. The van der Waals surface area contributed by atoms with Crippen molar-refractivity contribution in [3.63, 3.8) is 0 Å². The monoisotopic (exact) mass is 202 g/mol. The van der Waals surface area contributed by atoms with Crippen LogP contribution in [0.1, 0.15) is 18.2 Å². The molecule has 0 saturated heterocycles. The van der Waals surface area contributed by atoms with Crippen molar-refractivity contribution in [2.24, 2.45) is 0 Å². The van der Waals surface area contributed by atoms with Crippen molar-refractivity contribution in [1.82, 2.24) is 9.78 Å². The van der Waals surface area contributed by atoms with Crippen molar-refractivity contribution < 1.29 is 5.11 Å². The summed E-state index contributed by atoms with van der Waals surface area (Å²) in [5.74, 6) is 0.262. The van der Waals surface area contributed by atoms with Gasteiger partial charge in [0.15, 0.2) is 5.75 Å².